The molecule has 2 aliphatic carbocycles. The third-order valence-corrected chi connectivity index (χ3v) is 11.6. The Bertz CT molecular complexity index is 1130. The predicted octanol–water partition coefficient (Wildman–Crippen LogP) is 4.88. The maximum atomic E-state index is 14.0. The summed E-state index contributed by atoms with van der Waals surface area (Å²) in [6.45, 7) is 10.8. The summed E-state index contributed by atoms with van der Waals surface area (Å²) in [6.07, 6.45) is 5.40. The van der Waals surface area contributed by atoms with E-state index in [1.54, 1.807) is 6.08 Å². The molecule has 3 atom stereocenters. The topological polar surface area (TPSA) is 85.0 Å². The summed E-state index contributed by atoms with van der Waals surface area (Å²) in [6, 6.07) is 9.19. The maximum absolute atomic E-state index is 14.0. The molecule has 4 rings (SSSR count). The van der Waals surface area contributed by atoms with Crippen molar-refractivity contribution in [2.45, 2.75) is 57.2 Å². The maximum Gasteiger partial charge on any atom is 0.265 e. The third-order valence-electron chi connectivity index (χ3n) is 7.24. The van der Waals surface area contributed by atoms with Gasteiger partial charge in [0.15, 0.2) is 11.4 Å². The monoisotopic (exact) mass is 482 g/mol. The minimum atomic E-state index is -2.34. The fraction of sp³-hybridized carbons (Fsp3) is 0.462. The normalized spacial score (nSPS) is 24.5. The molecule has 0 saturated heterocycles. The van der Waals surface area contributed by atoms with Crippen molar-refractivity contribution in [3.05, 3.63) is 71.2 Å². The largest absolute Gasteiger partial charge is 0.544 e. The Balaban J connectivity index is 1.76. The first-order valence-electron chi connectivity index (χ1n) is 11.6. The van der Waals surface area contributed by atoms with Gasteiger partial charge < -0.3 is 18.8 Å². The lowest BCUT2D eigenvalue weighted by atomic mass is 9.68. The summed E-state index contributed by atoms with van der Waals surface area (Å²) in [7, 11) is 1.43. The lowest BCUT2D eigenvalue weighted by molar-refractivity contribution is -0.0229. The predicted molar refractivity (Wildman–Crippen MR) is 132 cm³/mol. The van der Waals surface area contributed by atoms with Crippen LogP contribution in [0.3, 0.4) is 0 Å². The van der Waals surface area contributed by atoms with E-state index in [-0.39, 0.29) is 28.8 Å². The van der Waals surface area contributed by atoms with Crippen LogP contribution in [-0.4, -0.2) is 49.0 Å². The lowest BCUT2D eigenvalue weighted by Gasteiger charge is -2.47. The molecule has 182 valence electrons. The molecule has 0 radical (unpaired) electrons. The van der Waals surface area contributed by atoms with Crippen LogP contribution in [0.25, 0.3) is 0 Å². The molecule has 1 N–H and O–H groups in total. The van der Waals surface area contributed by atoms with E-state index in [4.69, 9.17) is 13.7 Å². The van der Waals surface area contributed by atoms with Crippen molar-refractivity contribution in [2.75, 3.05) is 14.1 Å². The minimum Gasteiger partial charge on any atom is -0.544 e. The molecule has 0 amide bonds. The highest BCUT2D eigenvalue weighted by molar-refractivity contribution is 6.74. The van der Waals surface area contributed by atoms with Crippen LogP contribution >= 0.6 is 0 Å². The SMILES string of the molecule is CN(C)[C@@H]1c2onc(OCc3ccccc3)c2C(=O)[C@@]2(O)C(O[Si](C)(C)C(C)(C)C)=CC=C[C@@H]12. The summed E-state index contributed by atoms with van der Waals surface area (Å²) >= 11 is 0. The van der Waals surface area contributed by atoms with Gasteiger partial charge in [-0.05, 0) is 49.0 Å². The van der Waals surface area contributed by atoms with Gasteiger partial charge in [0.2, 0.25) is 14.1 Å². The van der Waals surface area contributed by atoms with Gasteiger partial charge in [0.05, 0.1) is 6.04 Å². The molecule has 0 spiro atoms. The van der Waals surface area contributed by atoms with Gasteiger partial charge in [-0.15, -0.1) is 0 Å². The molecule has 1 aromatic heterocycles. The van der Waals surface area contributed by atoms with Gasteiger partial charge in [-0.25, -0.2) is 0 Å². The molecular formula is C26H34N2O5Si. The first-order valence-corrected chi connectivity index (χ1v) is 14.5. The summed E-state index contributed by atoms with van der Waals surface area (Å²) in [5.74, 6) is -0.342. The number of allylic oxidation sites excluding steroid dienone is 2. The quantitative estimate of drug-likeness (QED) is 0.588. The van der Waals surface area contributed by atoms with E-state index in [0.29, 0.717) is 5.76 Å². The molecule has 0 unspecified atom stereocenters. The second-order valence-electron chi connectivity index (χ2n) is 10.8. The van der Waals surface area contributed by atoms with Gasteiger partial charge in [-0.1, -0.05) is 63.3 Å². The smallest absolute Gasteiger partial charge is 0.265 e. The number of Topliss-reactive ketones (excluding diaryl/α,β-unsaturated/α-hetero) is 1. The molecule has 2 aromatic rings. The fourth-order valence-electron chi connectivity index (χ4n) is 4.26. The van der Waals surface area contributed by atoms with Crippen molar-refractivity contribution in [1.29, 1.82) is 0 Å². The highest BCUT2D eigenvalue weighted by Gasteiger charge is 2.60. The first kappa shape index (κ1) is 24.4. The zero-order valence-electron chi connectivity index (χ0n) is 21.0. The van der Waals surface area contributed by atoms with Crippen LogP contribution in [0.1, 0.15) is 48.5 Å². The number of hydrogen-bond donors (Lipinski definition) is 1. The van der Waals surface area contributed by atoms with Gasteiger partial charge in [0.1, 0.15) is 17.9 Å². The number of ether oxygens (including phenoxy) is 1. The van der Waals surface area contributed by atoms with Crippen LogP contribution in [-0.2, 0) is 11.0 Å². The Morgan fingerprint density at radius 3 is 2.50 bits per heavy atom. The van der Waals surface area contributed by atoms with Crippen molar-refractivity contribution in [1.82, 2.24) is 10.1 Å². The van der Waals surface area contributed by atoms with Gasteiger partial charge >= 0.3 is 0 Å². The molecule has 1 aromatic carbocycles. The number of rotatable bonds is 6. The van der Waals surface area contributed by atoms with E-state index in [1.165, 1.54) is 0 Å². The second kappa shape index (κ2) is 8.52. The highest BCUT2D eigenvalue weighted by atomic mass is 28.4. The number of aliphatic hydroxyl groups is 1. The van der Waals surface area contributed by atoms with E-state index in [1.807, 2.05) is 61.5 Å². The minimum absolute atomic E-state index is 0.0869. The van der Waals surface area contributed by atoms with Gasteiger partial charge in [-0.2, -0.15) is 0 Å². The van der Waals surface area contributed by atoms with Crippen LogP contribution in [0.2, 0.25) is 18.1 Å². The summed E-state index contributed by atoms with van der Waals surface area (Å²) in [4.78, 5) is 15.9. The number of carbonyl (C=O) groups excluding carboxylic acids is 1. The van der Waals surface area contributed by atoms with Crippen molar-refractivity contribution in [2.24, 2.45) is 5.92 Å². The Hall–Kier alpha value is -2.68. The Labute approximate surface area is 202 Å². The molecule has 1 heterocycles. The first-order chi connectivity index (χ1) is 15.9. The van der Waals surface area contributed by atoms with Crippen LogP contribution < -0.4 is 4.74 Å². The zero-order chi connectivity index (χ0) is 24.9. The average molecular weight is 483 g/mol. The van der Waals surface area contributed by atoms with Gasteiger partial charge in [0, 0.05) is 5.92 Å². The van der Waals surface area contributed by atoms with Crippen LogP contribution in [0.15, 0.2) is 58.8 Å². The number of carbonyl (C=O) groups is 1. The van der Waals surface area contributed by atoms with Crippen molar-refractivity contribution in [3.63, 3.8) is 0 Å². The average Bonchev–Trinajstić information content (AvgIpc) is 3.17. The Kier molecular flexibility index (Phi) is 6.12. The highest BCUT2D eigenvalue weighted by Crippen LogP contribution is 2.52. The van der Waals surface area contributed by atoms with Crippen molar-refractivity contribution >= 4 is 14.1 Å². The van der Waals surface area contributed by atoms with E-state index in [0.717, 1.165) is 5.56 Å². The molecule has 0 fully saturated rings. The second-order valence-corrected chi connectivity index (χ2v) is 15.5. The number of benzene rings is 1. The lowest BCUT2D eigenvalue weighted by Crippen LogP contribution is -2.57. The molecule has 0 aliphatic heterocycles. The molecule has 0 saturated carbocycles. The van der Waals surface area contributed by atoms with E-state index < -0.39 is 31.7 Å². The zero-order valence-corrected chi connectivity index (χ0v) is 22.0. The summed E-state index contributed by atoms with van der Waals surface area (Å²) in [5, 5.41) is 16.1. The Morgan fingerprint density at radius 2 is 1.88 bits per heavy atom. The molecule has 0 bridgehead atoms. The van der Waals surface area contributed by atoms with Crippen LogP contribution in [0, 0.1) is 5.92 Å². The van der Waals surface area contributed by atoms with Gasteiger partial charge in [0.25, 0.3) is 5.88 Å². The molecular weight excluding hydrogens is 448 g/mol. The van der Waals surface area contributed by atoms with E-state index >= 15 is 0 Å². The fourth-order valence-corrected chi connectivity index (χ4v) is 5.34. The van der Waals surface area contributed by atoms with Crippen LogP contribution in [0.5, 0.6) is 5.88 Å². The van der Waals surface area contributed by atoms with Gasteiger partial charge in [-0.3, -0.25) is 9.69 Å². The summed E-state index contributed by atoms with van der Waals surface area (Å²) < 4.78 is 18.1. The van der Waals surface area contributed by atoms with E-state index in [2.05, 4.69) is 39.0 Å². The Morgan fingerprint density at radius 1 is 1.21 bits per heavy atom. The summed E-state index contributed by atoms with van der Waals surface area (Å²) in [5.41, 5.74) is -0.776. The molecule has 8 heteroatoms. The van der Waals surface area contributed by atoms with Crippen molar-refractivity contribution < 1.29 is 23.6 Å². The third kappa shape index (κ3) is 3.93. The number of nitrogens with zero attached hydrogens (tertiary/aromatic N) is 2. The molecule has 34 heavy (non-hydrogen) atoms. The number of hydrogen-bond acceptors (Lipinski definition) is 7. The number of ketones is 1. The van der Waals surface area contributed by atoms with E-state index in [9.17, 15) is 9.90 Å². The molecule has 7 nitrogen and oxygen atoms in total. The number of aromatic nitrogens is 1. The van der Waals surface area contributed by atoms with Crippen LogP contribution in [0.4, 0.5) is 0 Å². The molecule has 2 aliphatic rings. The standard InChI is InChI=1S/C26H34N2O5Si/c1-25(2,3)34(6,7)33-19-15-11-14-18-21(28(4)5)22-20(23(29)26(18,19)30)24(27-32-22)31-16-17-12-9-8-10-13-17/h8-15,18,21,30H,16H2,1-7H3/t18-,21-,26-/m0/s1. The number of fused-ring (bicyclic) bond motifs is 2. The van der Waals surface area contributed by atoms with Crippen molar-refractivity contribution in [3.8, 4) is 5.88 Å².